The van der Waals surface area contributed by atoms with Crippen molar-refractivity contribution < 1.29 is 9.59 Å². The third kappa shape index (κ3) is 5.28. The Labute approximate surface area is 186 Å². The molecule has 158 valence electrons. The van der Waals surface area contributed by atoms with E-state index in [9.17, 15) is 9.59 Å². The molecule has 1 unspecified atom stereocenters. The quantitative estimate of drug-likeness (QED) is 0.618. The molecule has 0 aliphatic heterocycles. The summed E-state index contributed by atoms with van der Waals surface area (Å²) < 4.78 is 0. The molecule has 1 fully saturated rings. The summed E-state index contributed by atoms with van der Waals surface area (Å²) in [5.41, 5.74) is 8.06. The number of thiophene rings is 1. The largest absolute Gasteiger partial charge is 0.348 e. The van der Waals surface area contributed by atoms with Crippen LogP contribution in [0.5, 0.6) is 0 Å². The maximum Gasteiger partial charge on any atom is 0.257 e. The van der Waals surface area contributed by atoms with E-state index in [0.717, 1.165) is 44.1 Å². The molecule has 2 aliphatic carbocycles. The number of anilines is 1. The van der Waals surface area contributed by atoms with Crippen molar-refractivity contribution in [1.29, 1.82) is 0 Å². The zero-order chi connectivity index (χ0) is 18.8. The fraction of sp³-hybridized carbons (Fsp3) is 0.450. The summed E-state index contributed by atoms with van der Waals surface area (Å²) >= 11 is 1.53. The molecule has 1 saturated carbocycles. The first kappa shape index (κ1) is 23.6. The highest BCUT2D eigenvalue weighted by Crippen LogP contribution is 2.39. The first-order chi connectivity index (χ1) is 13.2. The predicted octanol–water partition coefficient (Wildman–Crippen LogP) is 3.58. The van der Waals surface area contributed by atoms with Crippen LogP contribution in [0.25, 0.3) is 0 Å². The van der Waals surface area contributed by atoms with Gasteiger partial charge in [0, 0.05) is 29.9 Å². The van der Waals surface area contributed by atoms with Crippen LogP contribution < -0.4 is 16.4 Å². The number of carbonyl (C=O) groups is 2. The number of halogens is 2. The topological polar surface area (TPSA) is 97.1 Å². The molecule has 2 aromatic rings. The van der Waals surface area contributed by atoms with Gasteiger partial charge in [-0.3, -0.25) is 14.6 Å². The number of pyridine rings is 1. The summed E-state index contributed by atoms with van der Waals surface area (Å²) in [5, 5.41) is 6.70. The molecule has 0 saturated heterocycles. The van der Waals surface area contributed by atoms with E-state index in [1.165, 1.54) is 22.4 Å². The highest BCUT2D eigenvalue weighted by atomic mass is 35.5. The van der Waals surface area contributed by atoms with Gasteiger partial charge in [0.25, 0.3) is 11.8 Å². The molecular weight excluding hydrogens is 431 g/mol. The Morgan fingerprint density at radius 3 is 2.62 bits per heavy atom. The average molecular weight is 457 g/mol. The molecule has 6 nitrogen and oxygen atoms in total. The Morgan fingerprint density at radius 2 is 1.97 bits per heavy atom. The monoisotopic (exact) mass is 456 g/mol. The van der Waals surface area contributed by atoms with E-state index in [1.54, 1.807) is 18.3 Å². The third-order valence-corrected chi connectivity index (χ3v) is 6.52. The lowest BCUT2D eigenvalue weighted by molar-refractivity contribution is 0.0933. The predicted molar refractivity (Wildman–Crippen MR) is 121 cm³/mol. The first-order valence-electron chi connectivity index (χ1n) is 9.54. The molecule has 29 heavy (non-hydrogen) atoms. The molecule has 2 aliphatic rings. The molecule has 0 aromatic carbocycles. The molecule has 2 aromatic heterocycles. The van der Waals surface area contributed by atoms with Gasteiger partial charge >= 0.3 is 0 Å². The van der Waals surface area contributed by atoms with E-state index in [4.69, 9.17) is 5.73 Å². The number of carbonyl (C=O) groups excluding carboxylic acids is 2. The van der Waals surface area contributed by atoms with Crippen LogP contribution in [-0.4, -0.2) is 29.4 Å². The number of aromatic nitrogens is 1. The van der Waals surface area contributed by atoms with Crippen molar-refractivity contribution in [1.82, 2.24) is 10.3 Å². The van der Waals surface area contributed by atoms with E-state index in [2.05, 4.69) is 15.6 Å². The molecule has 4 N–H and O–H groups in total. The number of nitrogens with one attached hydrogen (secondary N) is 2. The van der Waals surface area contributed by atoms with Crippen molar-refractivity contribution in [2.45, 2.75) is 44.6 Å². The van der Waals surface area contributed by atoms with Gasteiger partial charge in [-0.15, -0.1) is 36.2 Å². The average Bonchev–Trinajstić information content (AvgIpc) is 3.47. The van der Waals surface area contributed by atoms with Crippen molar-refractivity contribution in [3.05, 3.63) is 46.1 Å². The van der Waals surface area contributed by atoms with Crippen LogP contribution in [0.1, 0.15) is 56.8 Å². The van der Waals surface area contributed by atoms with E-state index in [0.29, 0.717) is 28.6 Å². The normalized spacial score (nSPS) is 15.9. The number of fused-ring (bicyclic) bond motifs is 1. The van der Waals surface area contributed by atoms with Gasteiger partial charge in [0.15, 0.2) is 0 Å². The van der Waals surface area contributed by atoms with Crippen LogP contribution in [-0.2, 0) is 12.8 Å². The molecule has 1 atom stereocenters. The van der Waals surface area contributed by atoms with E-state index in [1.807, 2.05) is 0 Å². The molecule has 9 heteroatoms. The van der Waals surface area contributed by atoms with Crippen LogP contribution in [0.3, 0.4) is 0 Å². The molecule has 0 radical (unpaired) electrons. The van der Waals surface area contributed by atoms with Gasteiger partial charge in [0.1, 0.15) is 5.00 Å². The van der Waals surface area contributed by atoms with Gasteiger partial charge in [0.05, 0.1) is 11.1 Å². The molecule has 2 heterocycles. The van der Waals surface area contributed by atoms with Crippen LogP contribution >= 0.6 is 36.2 Å². The maximum absolute atomic E-state index is 13.1. The van der Waals surface area contributed by atoms with E-state index >= 15 is 0 Å². The summed E-state index contributed by atoms with van der Waals surface area (Å²) in [4.78, 5) is 30.9. The van der Waals surface area contributed by atoms with Gasteiger partial charge < -0.3 is 16.4 Å². The van der Waals surface area contributed by atoms with E-state index in [-0.39, 0.29) is 42.7 Å². The Morgan fingerprint density at radius 1 is 1.21 bits per heavy atom. The zero-order valence-corrected chi connectivity index (χ0v) is 18.4. The molecule has 0 bridgehead atoms. The first-order valence-corrected chi connectivity index (χ1v) is 10.4. The van der Waals surface area contributed by atoms with Crippen LogP contribution in [0.4, 0.5) is 5.00 Å². The number of rotatable bonds is 6. The summed E-state index contributed by atoms with van der Waals surface area (Å²) in [7, 11) is 0. The summed E-state index contributed by atoms with van der Waals surface area (Å²) in [6, 6.07) is 3.45. The zero-order valence-electron chi connectivity index (χ0n) is 16.0. The smallest absolute Gasteiger partial charge is 0.257 e. The van der Waals surface area contributed by atoms with Gasteiger partial charge in [-0.25, -0.2) is 0 Å². The molecular formula is C20H26Cl2N4O2S. The highest BCUT2D eigenvalue weighted by molar-refractivity contribution is 7.17. The lowest BCUT2D eigenvalue weighted by Gasteiger charge is -2.18. The number of nitrogens with two attached hydrogens (primary N) is 1. The number of hydrogen-bond acceptors (Lipinski definition) is 5. The Hall–Kier alpha value is -1.67. The van der Waals surface area contributed by atoms with Crippen LogP contribution in [0.2, 0.25) is 0 Å². The van der Waals surface area contributed by atoms with Crippen molar-refractivity contribution in [3.8, 4) is 0 Å². The standard InChI is InChI=1S/C20H24N4O2S.2ClH/c21-10-15(12-7-8-12)23-19(26)17-14-5-1-2-6-16(14)27-20(17)24-18(25)13-4-3-9-22-11-13;;/h3-4,9,11-12,15H,1-2,5-8,10,21H2,(H,23,26)(H,24,25);2*1H. The van der Waals surface area contributed by atoms with Crippen molar-refractivity contribution in [3.63, 3.8) is 0 Å². The van der Waals surface area contributed by atoms with E-state index < -0.39 is 0 Å². The van der Waals surface area contributed by atoms with Crippen LogP contribution in [0, 0.1) is 5.92 Å². The second-order valence-corrected chi connectivity index (χ2v) is 8.37. The van der Waals surface area contributed by atoms with Crippen molar-refractivity contribution >= 4 is 53.0 Å². The Bertz CT molecular complexity index is 856. The summed E-state index contributed by atoms with van der Waals surface area (Å²) in [6.07, 6.45) is 9.44. The summed E-state index contributed by atoms with van der Waals surface area (Å²) in [5.74, 6) is 0.133. The number of amides is 2. The lowest BCUT2D eigenvalue weighted by atomic mass is 9.95. The van der Waals surface area contributed by atoms with Gasteiger partial charge in [-0.2, -0.15) is 0 Å². The fourth-order valence-corrected chi connectivity index (χ4v) is 4.96. The second kappa shape index (κ2) is 10.4. The highest BCUT2D eigenvalue weighted by Gasteiger charge is 2.33. The minimum atomic E-state index is -0.242. The number of nitrogens with zero attached hydrogens (tertiary/aromatic N) is 1. The Kier molecular flexibility index (Phi) is 8.46. The molecule has 2 amide bonds. The number of hydrogen-bond donors (Lipinski definition) is 3. The Balaban J connectivity index is 0.00000150. The summed E-state index contributed by atoms with van der Waals surface area (Å²) in [6.45, 7) is 0.445. The molecule has 0 spiro atoms. The number of aryl methyl sites for hydroxylation is 1. The third-order valence-electron chi connectivity index (χ3n) is 5.31. The van der Waals surface area contributed by atoms with Gasteiger partial charge in [-0.1, -0.05) is 0 Å². The SMILES string of the molecule is Cl.Cl.NCC(NC(=O)c1c(NC(=O)c2cccnc2)sc2c1CCCC2)C1CC1. The fourth-order valence-electron chi connectivity index (χ4n) is 3.67. The van der Waals surface area contributed by atoms with Crippen molar-refractivity contribution in [2.75, 3.05) is 11.9 Å². The van der Waals surface area contributed by atoms with Crippen molar-refractivity contribution in [2.24, 2.45) is 11.7 Å². The van der Waals surface area contributed by atoms with Crippen LogP contribution in [0.15, 0.2) is 24.5 Å². The maximum atomic E-state index is 13.1. The van der Waals surface area contributed by atoms with Gasteiger partial charge in [0.2, 0.25) is 0 Å². The molecule has 4 rings (SSSR count). The minimum absolute atomic E-state index is 0. The minimum Gasteiger partial charge on any atom is -0.348 e. The second-order valence-electron chi connectivity index (χ2n) is 7.26. The lowest BCUT2D eigenvalue weighted by Crippen LogP contribution is -2.42. The van der Waals surface area contributed by atoms with Gasteiger partial charge in [-0.05, 0) is 62.1 Å².